The number of halogens is 4. The molecule has 1 fully saturated rings. The first-order valence-electron chi connectivity index (χ1n) is 11.4. The maximum atomic E-state index is 15.1. The van der Waals surface area contributed by atoms with Crippen LogP contribution >= 0.6 is 11.8 Å². The molecule has 0 saturated heterocycles. The highest BCUT2D eigenvalue weighted by atomic mass is 32.2. The highest BCUT2D eigenvalue weighted by Crippen LogP contribution is 2.68. The van der Waals surface area contributed by atoms with Gasteiger partial charge in [-0.25, -0.2) is 37.5 Å². The number of rotatable bonds is 7. The predicted octanol–water partition coefficient (Wildman–Crippen LogP) is 4.91. The van der Waals surface area contributed by atoms with E-state index in [0.717, 1.165) is 17.8 Å². The predicted molar refractivity (Wildman–Crippen MR) is 131 cm³/mol. The van der Waals surface area contributed by atoms with E-state index in [0.29, 0.717) is 16.9 Å². The summed E-state index contributed by atoms with van der Waals surface area (Å²) in [6, 6.07) is 3.89. The minimum absolute atomic E-state index is 0.0547. The Hall–Kier alpha value is -3.94. The molecule has 3 aromatic heterocycles. The molecule has 196 valence electrons. The number of hydrogen-bond acceptors (Lipinski definition) is 10. The van der Waals surface area contributed by atoms with Crippen molar-refractivity contribution in [2.24, 2.45) is 16.6 Å². The average molecular weight is 546 g/mol. The van der Waals surface area contributed by atoms with E-state index < -0.39 is 34.3 Å². The fraction of sp³-hybridized carbons (Fsp3) is 0.292. The van der Waals surface area contributed by atoms with Gasteiger partial charge in [0.1, 0.15) is 11.8 Å². The van der Waals surface area contributed by atoms with Gasteiger partial charge in [-0.2, -0.15) is 0 Å². The normalized spacial score (nSPS) is 24.3. The van der Waals surface area contributed by atoms with Crippen molar-refractivity contribution >= 4 is 39.5 Å². The summed E-state index contributed by atoms with van der Waals surface area (Å²) in [5.74, 6) is -2.26. The van der Waals surface area contributed by atoms with Gasteiger partial charge in [-0.15, -0.1) is 0 Å². The summed E-state index contributed by atoms with van der Waals surface area (Å²) in [6.07, 6.45) is 3.14. The van der Waals surface area contributed by atoms with E-state index in [4.69, 9.17) is 14.9 Å². The Labute approximate surface area is 216 Å². The molecule has 3 atom stereocenters. The molecule has 1 aliphatic heterocycles. The van der Waals surface area contributed by atoms with Gasteiger partial charge in [-0.3, -0.25) is 4.99 Å². The maximum absolute atomic E-state index is 15.1. The third kappa shape index (κ3) is 3.99. The highest BCUT2D eigenvalue weighted by Gasteiger charge is 2.71. The van der Waals surface area contributed by atoms with Crippen LogP contribution in [0.4, 0.5) is 29.1 Å². The second-order valence-corrected chi connectivity index (χ2v) is 10.5. The van der Waals surface area contributed by atoms with Crippen LogP contribution in [-0.4, -0.2) is 36.3 Å². The van der Waals surface area contributed by atoms with E-state index >= 15 is 4.39 Å². The third-order valence-corrected chi connectivity index (χ3v) is 8.05. The van der Waals surface area contributed by atoms with Gasteiger partial charge in [0.05, 0.1) is 28.2 Å². The zero-order chi connectivity index (χ0) is 26.7. The van der Waals surface area contributed by atoms with Crippen molar-refractivity contribution < 1.29 is 26.7 Å². The van der Waals surface area contributed by atoms with E-state index in [2.05, 4.69) is 30.2 Å². The monoisotopic (exact) mass is 545 g/mol. The van der Waals surface area contributed by atoms with Gasteiger partial charge in [-0.1, -0.05) is 11.8 Å². The van der Waals surface area contributed by atoms with Crippen LogP contribution in [0.25, 0.3) is 11.0 Å². The number of fused-ring (bicyclic) bond motifs is 2. The number of aromatic nitrogens is 4. The minimum Gasteiger partial charge on any atom is -0.467 e. The lowest BCUT2D eigenvalue weighted by atomic mass is 9.85. The third-order valence-electron chi connectivity index (χ3n) is 6.74. The van der Waals surface area contributed by atoms with E-state index in [1.54, 1.807) is 6.07 Å². The average Bonchev–Trinajstić information content (AvgIpc) is 3.42. The van der Waals surface area contributed by atoms with Gasteiger partial charge in [0.2, 0.25) is 11.8 Å². The van der Waals surface area contributed by atoms with E-state index in [1.165, 1.54) is 37.8 Å². The molecule has 2 aliphatic rings. The van der Waals surface area contributed by atoms with Gasteiger partial charge in [0.25, 0.3) is 6.43 Å². The van der Waals surface area contributed by atoms with Crippen molar-refractivity contribution in [2.75, 3.05) is 5.32 Å². The number of nitrogens with one attached hydrogen (secondary N) is 1. The van der Waals surface area contributed by atoms with Crippen molar-refractivity contribution in [3.05, 3.63) is 66.1 Å². The number of nitrogens with two attached hydrogens (primary N) is 1. The Balaban J connectivity index is 1.32. The lowest BCUT2D eigenvalue weighted by molar-refractivity contribution is 0.123. The molecular weight excluding hydrogens is 526 g/mol. The Morgan fingerprint density at radius 2 is 2.08 bits per heavy atom. The van der Waals surface area contributed by atoms with Crippen LogP contribution in [0, 0.1) is 17.6 Å². The van der Waals surface area contributed by atoms with Crippen LogP contribution in [0.3, 0.4) is 0 Å². The first-order chi connectivity index (χ1) is 18.2. The molecule has 0 radical (unpaired) electrons. The molecule has 0 amide bonds. The molecule has 9 nitrogen and oxygen atoms in total. The summed E-state index contributed by atoms with van der Waals surface area (Å²) in [5.41, 5.74) is 5.09. The van der Waals surface area contributed by atoms with E-state index in [1.807, 2.05) is 0 Å². The van der Waals surface area contributed by atoms with Crippen LogP contribution in [0.15, 0.2) is 52.5 Å². The second kappa shape index (κ2) is 8.82. The molecule has 0 spiro atoms. The van der Waals surface area contributed by atoms with Gasteiger partial charge < -0.3 is 20.2 Å². The smallest absolute Gasteiger partial charge is 0.253 e. The SMILES string of the molecule is C[C@]1(c2cc(Nc3nccc4nc(OCc5ncco5)cnc34)cc(F)c2F)N=C(N)S[C@@]2(C(F)F)C[C@@H]12. The molecular formula is C24H19F4N7O2S. The molecule has 4 heterocycles. The molecule has 0 unspecified atom stereocenters. The Morgan fingerprint density at radius 3 is 2.84 bits per heavy atom. The zero-order valence-electron chi connectivity index (χ0n) is 19.7. The van der Waals surface area contributed by atoms with Crippen molar-refractivity contribution in [1.29, 1.82) is 0 Å². The largest absolute Gasteiger partial charge is 0.467 e. The molecule has 0 bridgehead atoms. The number of anilines is 2. The number of ether oxygens (including phenoxy) is 1. The lowest BCUT2D eigenvalue weighted by Crippen LogP contribution is -2.39. The summed E-state index contributed by atoms with van der Waals surface area (Å²) < 4.78 is 66.8. The number of thioether (sulfide) groups is 1. The summed E-state index contributed by atoms with van der Waals surface area (Å²) in [5, 5.41) is 2.85. The summed E-state index contributed by atoms with van der Waals surface area (Å²) in [7, 11) is 0. The van der Waals surface area contributed by atoms with Crippen LogP contribution in [0.1, 0.15) is 24.8 Å². The summed E-state index contributed by atoms with van der Waals surface area (Å²) in [6.45, 7) is 1.55. The number of aliphatic imine (C=N–C) groups is 1. The number of hydrogen-bond donors (Lipinski definition) is 2. The van der Waals surface area contributed by atoms with Gasteiger partial charge in [-0.05, 0) is 25.5 Å². The molecule has 14 heteroatoms. The van der Waals surface area contributed by atoms with E-state index in [9.17, 15) is 13.2 Å². The minimum atomic E-state index is -2.69. The lowest BCUT2D eigenvalue weighted by Gasteiger charge is -2.34. The number of oxazole rings is 1. The number of benzene rings is 1. The molecule has 6 rings (SSSR count). The van der Waals surface area contributed by atoms with Crippen molar-refractivity contribution in [3.8, 4) is 5.88 Å². The highest BCUT2D eigenvalue weighted by molar-refractivity contribution is 8.15. The molecule has 1 aromatic carbocycles. The van der Waals surface area contributed by atoms with Crippen LogP contribution in [0.5, 0.6) is 5.88 Å². The molecule has 38 heavy (non-hydrogen) atoms. The number of amidine groups is 1. The zero-order valence-corrected chi connectivity index (χ0v) is 20.5. The van der Waals surface area contributed by atoms with Crippen LogP contribution in [-0.2, 0) is 12.1 Å². The molecule has 1 aliphatic carbocycles. The number of alkyl halides is 2. The summed E-state index contributed by atoms with van der Waals surface area (Å²) in [4.78, 5) is 21.3. The molecule has 3 N–H and O–H groups in total. The van der Waals surface area contributed by atoms with Crippen LogP contribution < -0.4 is 15.8 Å². The number of nitrogens with zero attached hydrogens (tertiary/aromatic N) is 5. The summed E-state index contributed by atoms with van der Waals surface area (Å²) >= 11 is 0.792. The number of pyridine rings is 1. The second-order valence-electron chi connectivity index (χ2n) is 9.11. The van der Waals surface area contributed by atoms with Crippen LogP contribution in [0.2, 0.25) is 0 Å². The fourth-order valence-electron chi connectivity index (χ4n) is 4.82. The topological polar surface area (TPSA) is 124 Å². The van der Waals surface area contributed by atoms with Gasteiger partial charge in [0.15, 0.2) is 29.2 Å². The molecule has 4 aromatic rings. The quantitative estimate of drug-likeness (QED) is 0.312. The first kappa shape index (κ1) is 24.4. The Kier molecular flexibility index (Phi) is 5.67. The fourth-order valence-corrected chi connectivity index (χ4v) is 6.16. The maximum Gasteiger partial charge on any atom is 0.253 e. The molecule has 1 saturated carbocycles. The standard InChI is InChI=1S/C24H19F4N7O2S/c1-23(15-8-24(15,21(27)28)38-22(29)35-23)12-6-11(7-13(25)18(12)26)33-20-19-14(2-3-31-20)34-16(9-32-19)37-10-17-30-4-5-36-17/h2-7,9,15,21H,8,10H2,1H3,(H2,29,35)(H,31,33)/t15-,23+,24-/m0/s1. The van der Waals surface area contributed by atoms with Crippen molar-refractivity contribution in [2.45, 2.75) is 36.7 Å². The Bertz CT molecular complexity index is 1570. The Morgan fingerprint density at radius 1 is 1.24 bits per heavy atom. The van der Waals surface area contributed by atoms with Crippen molar-refractivity contribution in [1.82, 2.24) is 19.9 Å². The van der Waals surface area contributed by atoms with Gasteiger partial charge in [0, 0.05) is 29.4 Å². The van der Waals surface area contributed by atoms with E-state index in [-0.39, 0.29) is 41.1 Å². The van der Waals surface area contributed by atoms with Gasteiger partial charge >= 0.3 is 0 Å². The van der Waals surface area contributed by atoms with Crippen molar-refractivity contribution in [3.63, 3.8) is 0 Å². The first-order valence-corrected chi connectivity index (χ1v) is 12.2.